The zero-order valence-electron chi connectivity index (χ0n) is 19.4. The van der Waals surface area contributed by atoms with Crippen molar-refractivity contribution < 1.29 is 4.74 Å². The van der Waals surface area contributed by atoms with Crippen molar-refractivity contribution in [2.45, 2.75) is 25.4 Å². The smallest absolute Gasteiger partial charge is 0.298 e. The number of thiophene rings is 1. The van der Waals surface area contributed by atoms with E-state index >= 15 is 0 Å². The molecule has 4 aromatic rings. The van der Waals surface area contributed by atoms with Crippen molar-refractivity contribution >= 4 is 38.9 Å². The van der Waals surface area contributed by atoms with Crippen molar-refractivity contribution in [3.8, 4) is 11.4 Å². The first-order valence-electron chi connectivity index (χ1n) is 12.0. The molecule has 2 aromatic heterocycles. The van der Waals surface area contributed by atoms with Gasteiger partial charge in [-0.3, -0.25) is 9.36 Å². The minimum Gasteiger partial charge on any atom is -0.490 e. The largest absolute Gasteiger partial charge is 0.490 e. The number of nitrogens with zero attached hydrogens (tertiary/aromatic N) is 3. The van der Waals surface area contributed by atoms with Crippen LogP contribution >= 0.6 is 11.3 Å². The molecular formula is C26H28N6O2S. The average molecular weight is 489 g/mol. The summed E-state index contributed by atoms with van der Waals surface area (Å²) in [5, 5.41) is 7.05. The number of para-hydroxylation sites is 1. The number of hydrogen-bond acceptors (Lipinski definition) is 8. The summed E-state index contributed by atoms with van der Waals surface area (Å²) in [6, 6.07) is 18.6. The van der Waals surface area contributed by atoms with E-state index in [0.717, 1.165) is 77.1 Å². The number of nitrogens with two attached hydrogens (primary N) is 1. The Balaban J connectivity index is 1.39. The van der Waals surface area contributed by atoms with Crippen molar-refractivity contribution in [2.24, 2.45) is 0 Å². The third-order valence-corrected chi connectivity index (χ3v) is 7.68. The number of aromatic nitrogens is 2. The average Bonchev–Trinajstić information content (AvgIpc) is 3.30. The van der Waals surface area contributed by atoms with Gasteiger partial charge in [-0.2, -0.15) is 0 Å². The summed E-state index contributed by atoms with van der Waals surface area (Å²) in [5.74, 6) is 0.804. The van der Waals surface area contributed by atoms with Crippen LogP contribution in [0, 0.1) is 0 Å². The van der Waals surface area contributed by atoms with Crippen LogP contribution in [0.5, 0.6) is 5.75 Å². The number of benzene rings is 2. The van der Waals surface area contributed by atoms with Gasteiger partial charge in [-0.05, 0) is 62.3 Å². The van der Waals surface area contributed by atoms with Crippen LogP contribution < -0.4 is 31.6 Å². The summed E-state index contributed by atoms with van der Waals surface area (Å²) < 4.78 is 7.61. The Hall–Kier alpha value is -3.40. The van der Waals surface area contributed by atoms with Gasteiger partial charge in [0.1, 0.15) is 17.2 Å². The lowest BCUT2D eigenvalue weighted by Crippen LogP contribution is -2.39. The van der Waals surface area contributed by atoms with Crippen molar-refractivity contribution in [1.82, 2.24) is 20.2 Å². The molecule has 0 saturated carbocycles. The second kappa shape index (κ2) is 9.33. The van der Waals surface area contributed by atoms with E-state index < -0.39 is 0 Å². The van der Waals surface area contributed by atoms with Gasteiger partial charge in [-0.1, -0.05) is 18.2 Å². The van der Waals surface area contributed by atoms with E-state index in [1.54, 1.807) is 15.9 Å². The molecular weight excluding hydrogens is 460 g/mol. The number of nitrogen functional groups attached to an aromatic ring is 1. The molecule has 4 heterocycles. The summed E-state index contributed by atoms with van der Waals surface area (Å²) in [4.78, 5) is 21.8. The molecule has 6 rings (SSSR count). The molecule has 2 aromatic carbocycles. The molecule has 0 aliphatic carbocycles. The molecule has 0 unspecified atom stereocenters. The summed E-state index contributed by atoms with van der Waals surface area (Å²) >= 11 is 1.58. The van der Waals surface area contributed by atoms with Crippen LogP contribution in [-0.2, 0) is 6.54 Å². The molecule has 2 aliphatic rings. The molecule has 9 heteroatoms. The summed E-state index contributed by atoms with van der Waals surface area (Å²) in [5.41, 5.74) is 9.31. The van der Waals surface area contributed by atoms with E-state index in [2.05, 4.69) is 38.7 Å². The number of rotatable bonds is 5. The third kappa shape index (κ3) is 4.27. The fourth-order valence-corrected chi connectivity index (χ4v) is 5.85. The fourth-order valence-electron chi connectivity index (χ4n) is 4.88. The lowest BCUT2D eigenvalue weighted by atomic mass is 10.1. The van der Waals surface area contributed by atoms with E-state index in [0.29, 0.717) is 12.6 Å². The van der Waals surface area contributed by atoms with Crippen molar-refractivity contribution in [1.29, 1.82) is 0 Å². The molecule has 0 bridgehead atoms. The predicted molar refractivity (Wildman–Crippen MR) is 141 cm³/mol. The quantitative estimate of drug-likeness (QED) is 0.396. The number of hydrogen-bond donors (Lipinski definition) is 3. The molecule has 0 amide bonds. The Labute approximate surface area is 207 Å². The first kappa shape index (κ1) is 22.1. The van der Waals surface area contributed by atoms with Crippen LogP contribution in [0.3, 0.4) is 0 Å². The van der Waals surface area contributed by atoms with Gasteiger partial charge in [0.2, 0.25) is 0 Å². The molecule has 1 saturated heterocycles. The Morgan fingerprint density at radius 2 is 1.94 bits per heavy atom. The zero-order valence-corrected chi connectivity index (χ0v) is 20.2. The Bertz CT molecular complexity index is 1410. The minimum atomic E-state index is -0.309. The van der Waals surface area contributed by atoms with Crippen LogP contribution in [0.25, 0.3) is 16.0 Å². The maximum atomic E-state index is 13.2. The second-order valence-corrected chi connectivity index (χ2v) is 10.0. The van der Waals surface area contributed by atoms with Gasteiger partial charge in [0, 0.05) is 23.2 Å². The van der Waals surface area contributed by atoms with Gasteiger partial charge in [-0.25, -0.2) is 4.98 Å². The molecule has 2 aliphatic heterocycles. The van der Waals surface area contributed by atoms with Gasteiger partial charge in [-0.15, -0.1) is 11.3 Å². The van der Waals surface area contributed by atoms with E-state index in [9.17, 15) is 4.79 Å². The van der Waals surface area contributed by atoms with Crippen LogP contribution in [0.2, 0.25) is 0 Å². The monoisotopic (exact) mass is 488 g/mol. The van der Waals surface area contributed by atoms with Crippen molar-refractivity contribution in [2.75, 3.05) is 36.9 Å². The molecule has 4 N–H and O–H groups in total. The zero-order chi connectivity index (χ0) is 23.8. The number of anilines is 3. The van der Waals surface area contributed by atoms with Crippen LogP contribution in [-0.4, -0.2) is 41.8 Å². The first-order valence-corrected chi connectivity index (χ1v) is 12.8. The number of nitrogens with one attached hydrogen (secondary N) is 2. The van der Waals surface area contributed by atoms with E-state index in [-0.39, 0.29) is 11.4 Å². The molecule has 180 valence electrons. The molecule has 1 fully saturated rings. The van der Waals surface area contributed by atoms with Gasteiger partial charge in [0.05, 0.1) is 23.4 Å². The van der Waals surface area contributed by atoms with E-state index in [1.807, 2.05) is 36.4 Å². The second-order valence-electron chi connectivity index (χ2n) is 8.93. The molecule has 8 nitrogen and oxygen atoms in total. The number of fused-ring (bicyclic) bond motifs is 2. The van der Waals surface area contributed by atoms with Gasteiger partial charge >= 0.3 is 0 Å². The number of ether oxygens (including phenoxy) is 1. The maximum absolute atomic E-state index is 13.2. The van der Waals surface area contributed by atoms with E-state index in [4.69, 9.17) is 10.5 Å². The highest BCUT2D eigenvalue weighted by Crippen LogP contribution is 2.38. The standard InChI is InChI=1S/C26H28N6O2S/c27-24-26(33)32(22-15-20(35-25(22)30-24)16-29-17-8-10-28-11-9-17)19-6-7-23-21(14-19)31(12-13-34-23)18-4-2-1-3-5-18/h1-7,14-15,17,28-29H,8-13,16H2,(H2,27,30). The highest BCUT2D eigenvalue weighted by atomic mass is 32.1. The Morgan fingerprint density at radius 3 is 2.77 bits per heavy atom. The maximum Gasteiger partial charge on any atom is 0.298 e. The predicted octanol–water partition coefficient (Wildman–Crippen LogP) is 3.40. The van der Waals surface area contributed by atoms with Gasteiger partial charge < -0.3 is 26.0 Å². The highest BCUT2D eigenvalue weighted by molar-refractivity contribution is 7.18. The Morgan fingerprint density at radius 1 is 1.11 bits per heavy atom. The lowest BCUT2D eigenvalue weighted by molar-refractivity contribution is 0.314. The summed E-state index contributed by atoms with van der Waals surface area (Å²) in [7, 11) is 0. The number of piperidine rings is 1. The van der Waals surface area contributed by atoms with E-state index in [1.165, 1.54) is 0 Å². The van der Waals surface area contributed by atoms with Gasteiger partial charge in [0.25, 0.3) is 5.56 Å². The van der Waals surface area contributed by atoms with Gasteiger partial charge in [0.15, 0.2) is 5.82 Å². The summed E-state index contributed by atoms with van der Waals surface area (Å²) in [6.07, 6.45) is 2.24. The SMILES string of the molecule is Nc1nc2sc(CNC3CCNCC3)cc2n(-c2ccc3c(c2)N(c2ccccc2)CCO3)c1=O. The van der Waals surface area contributed by atoms with Crippen molar-refractivity contribution in [3.05, 3.63) is 69.8 Å². The molecule has 0 atom stereocenters. The van der Waals surface area contributed by atoms with Crippen LogP contribution in [0.15, 0.2) is 59.4 Å². The fraction of sp³-hybridized carbons (Fsp3) is 0.308. The van der Waals surface area contributed by atoms with Crippen molar-refractivity contribution in [3.63, 3.8) is 0 Å². The molecule has 0 radical (unpaired) electrons. The highest BCUT2D eigenvalue weighted by Gasteiger charge is 2.22. The first-order chi connectivity index (χ1) is 17.2. The third-order valence-electron chi connectivity index (χ3n) is 6.67. The molecule has 35 heavy (non-hydrogen) atoms. The molecule has 0 spiro atoms. The normalized spacial score (nSPS) is 16.3. The summed E-state index contributed by atoms with van der Waals surface area (Å²) in [6.45, 7) is 4.17. The lowest BCUT2D eigenvalue weighted by Gasteiger charge is -2.31. The Kier molecular flexibility index (Phi) is 5.89. The van der Waals surface area contributed by atoms with Crippen LogP contribution in [0.1, 0.15) is 17.7 Å². The van der Waals surface area contributed by atoms with Crippen LogP contribution in [0.4, 0.5) is 17.2 Å². The minimum absolute atomic E-state index is 0.00565. The topological polar surface area (TPSA) is 97.4 Å².